The summed E-state index contributed by atoms with van der Waals surface area (Å²) in [7, 11) is -3.14. The number of carbonyl (C=O) groups is 1. The highest BCUT2D eigenvalue weighted by atomic mass is 32.2. The zero-order chi connectivity index (χ0) is 15.9. The fourth-order valence-electron chi connectivity index (χ4n) is 2.62. The summed E-state index contributed by atoms with van der Waals surface area (Å²) >= 11 is 0. The summed E-state index contributed by atoms with van der Waals surface area (Å²) in [5.74, 6) is -0.0158. The van der Waals surface area contributed by atoms with Gasteiger partial charge in [-0.2, -0.15) is 0 Å². The largest absolute Gasteiger partial charge is 0.465 e. The number of rotatable bonds is 8. The molecule has 0 amide bonds. The number of esters is 1. The quantitative estimate of drug-likeness (QED) is 0.487. The standard InChI is InChI=1S/C14H26N2O4S/c1-4-8-15(12-14(17)20-5-2)10-13-7-6-9-16(11-13)21(3,18)19/h4,13H,1,5-12H2,2-3H3. The van der Waals surface area contributed by atoms with E-state index in [0.717, 1.165) is 12.8 Å². The van der Waals surface area contributed by atoms with Crippen molar-refractivity contribution in [3.63, 3.8) is 0 Å². The van der Waals surface area contributed by atoms with E-state index in [0.29, 0.717) is 32.8 Å². The molecule has 0 aromatic rings. The van der Waals surface area contributed by atoms with Crippen molar-refractivity contribution in [1.29, 1.82) is 0 Å². The molecule has 6 nitrogen and oxygen atoms in total. The Morgan fingerprint density at radius 1 is 1.52 bits per heavy atom. The van der Waals surface area contributed by atoms with Gasteiger partial charge in [0.2, 0.25) is 10.0 Å². The van der Waals surface area contributed by atoms with Gasteiger partial charge in [-0.1, -0.05) is 6.08 Å². The lowest BCUT2D eigenvalue weighted by Gasteiger charge is -2.33. The number of sulfonamides is 1. The van der Waals surface area contributed by atoms with E-state index in [-0.39, 0.29) is 18.4 Å². The van der Waals surface area contributed by atoms with Crippen LogP contribution in [0.15, 0.2) is 12.7 Å². The van der Waals surface area contributed by atoms with Gasteiger partial charge < -0.3 is 4.74 Å². The third-order valence-corrected chi connectivity index (χ3v) is 4.78. The molecule has 1 atom stereocenters. The first-order chi connectivity index (χ1) is 9.86. The van der Waals surface area contributed by atoms with Gasteiger partial charge in [-0.15, -0.1) is 6.58 Å². The van der Waals surface area contributed by atoms with Crippen LogP contribution in [0.2, 0.25) is 0 Å². The Morgan fingerprint density at radius 2 is 2.24 bits per heavy atom. The lowest BCUT2D eigenvalue weighted by molar-refractivity contribution is -0.144. The molecule has 0 spiro atoms. The van der Waals surface area contributed by atoms with Crippen LogP contribution in [0.4, 0.5) is 0 Å². The minimum atomic E-state index is -3.14. The van der Waals surface area contributed by atoms with Gasteiger partial charge in [0.25, 0.3) is 0 Å². The fraction of sp³-hybridized carbons (Fsp3) is 0.786. The van der Waals surface area contributed by atoms with Crippen LogP contribution < -0.4 is 0 Å². The lowest BCUT2D eigenvalue weighted by atomic mass is 9.99. The maximum atomic E-state index is 11.6. The summed E-state index contributed by atoms with van der Waals surface area (Å²) in [5.41, 5.74) is 0. The van der Waals surface area contributed by atoms with Crippen LogP contribution in [0, 0.1) is 5.92 Å². The molecule has 1 saturated heterocycles. The van der Waals surface area contributed by atoms with Crippen molar-refractivity contribution in [2.75, 3.05) is 45.6 Å². The first-order valence-electron chi connectivity index (χ1n) is 7.30. The van der Waals surface area contributed by atoms with Gasteiger partial charge in [0.15, 0.2) is 0 Å². The lowest BCUT2D eigenvalue weighted by Crippen LogP contribution is -2.44. The molecule has 122 valence electrons. The van der Waals surface area contributed by atoms with E-state index in [4.69, 9.17) is 4.74 Å². The van der Waals surface area contributed by atoms with Gasteiger partial charge in [-0.3, -0.25) is 9.69 Å². The SMILES string of the molecule is C=CCN(CC(=O)OCC)CC1CCCN(S(C)(=O)=O)C1. The van der Waals surface area contributed by atoms with E-state index in [9.17, 15) is 13.2 Å². The summed E-state index contributed by atoms with van der Waals surface area (Å²) in [6, 6.07) is 0. The number of carbonyl (C=O) groups excluding carboxylic acids is 1. The van der Waals surface area contributed by atoms with E-state index in [2.05, 4.69) is 6.58 Å². The highest BCUT2D eigenvalue weighted by molar-refractivity contribution is 7.88. The van der Waals surface area contributed by atoms with E-state index in [1.807, 2.05) is 4.90 Å². The second-order valence-electron chi connectivity index (χ2n) is 5.42. The molecular weight excluding hydrogens is 292 g/mol. The molecule has 1 fully saturated rings. The second-order valence-corrected chi connectivity index (χ2v) is 7.40. The Morgan fingerprint density at radius 3 is 2.81 bits per heavy atom. The van der Waals surface area contributed by atoms with E-state index >= 15 is 0 Å². The van der Waals surface area contributed by atoms with Crippen LogP contribution in [0.5, 0.6) is 0 Å². The third kappa shape index (κ3) is 6.58. The van der Waals surface area contributed by atoms with E-state index in [1.54, 1.807) is 13.0 Å². The maximum absolute atomic E-state index is 11.6. The monoisotopic (exact) mass is 318 g/mol. The first kappa shape index (κ1) is 18.1. The molecule has 1 aliphatic heterocycles. The molecular formula is C14H26N2O4S. The first-order valence-corrected chi connectivity index (χ1v) is 9.15. The fourth-order valence-corrected chi connectivity index (χ4v) is 3.56. The topological polar surface area (TPSA) is 66.9 Å². The highest BCUT2D eigenvalue weighted by Crippen LogP contribution is 2.19. The maximum Gasteiger partial charge on any atom is 0.320 e. The smallest absolute Gasteiger partial charge is 0.320 e. The van der Waals surface area contributed by atoms with Crippen LogP contribution in [0.25, 0.3) is 0 Å². The van der Waals surface area contributed by atoms with Crippen molar-refractivity contribution in [2.45, 2.75) is 19.8 Å². The zero-order valence-corrected chi connectivity index (χ0v) is 13.8. The van der Waals surface area contributed by atoms with Gasteiger partial charge in [0.1, 0.15) is 0 Å². The molecule has 0 aliphatic carbocycles. The number of piperidine rings is 1. The van der Waals surface area contributed by atoms with Gasteiger partial charge in [0, 0.05) is 26.2 Å². The summed E-state index contributed by atoms with van der Waals surface area (Å²) in [6.45, 7) is 8.45. The number of hydrogen-bond donors (Lipinski definition) is 0. The molecule has 1 rings (SSSR count). The van der Waals surface area contributed by atoms with Crippen molar-refractivity contribution in [3.8, 4) is 0 Å². The summed E-state index contributed by atoms with van der Waals surface area (Å²) in [6.07, 6.45) is 4.83. The average molecular weight is 318 g/mol. The molecule has 0 N–H and O–H groups in total. The van der Waals surface area contributed by atoms with Crippen LogP contribution in [0.1, 0.15) is 19.8 Å². The van der Waals surface area contributed by atoms with Crippen molar-refractivity contribution in [1.82, 2.24) is 9.21 Å². The Balaban J connectivity index is 2.57. The summed E-state index contributed by atoms with van der Waals surface area (Å²) in [4.78, 5) is 13.5. The van der Waals surface area contributed by atoms with E-state index in [1.165, 1.54) is 10.6 Å². The third-order valence-electron chi connectivity index (χ3n) is 3.51. The van der Waals surface area contributed by atoms with Crippen LogP contribution in [-0.4, -0.2) is 69.2 Å². The zero-order valence-electron chi connectivity index (χ0n) is 13.0. The van der Waals surface area contributed by atoms with Gasteiger partial charge >= 0.3 is 5.97 Å². The predicted molar refractivity (Wildman–Crippen MR) is 82.4 cm³/mol. The molecule has 1 aliphatic rings. The Labute approximate surface area is 127 Å². The van der Waals surface area contributed by atoms with Crippen molar-refractivity contribution in [2.24, 2.45) is 5.92 Å². The molecule has 0 saturated carbocycles. The Hall–Kier alpha value is -0.920. The number of nitrogens with zero attached hydrogens (tertiary/aromatic N) is 2. The molecule has 21 heavy (non-hydrogen) atoms. The number of hydrogen-bond acceptors (Lipinski definition) is 5. The van der Waals surface area contributed by atoms with Crippen LogP contribution in [-0.2, 0) is 19.6 Å². The normalized spacial score (nSPS) is 20.4. The molecule has 0 radical (unpaired) electrons. The summed E-state index contributed by atoms with van der Waals surface area (Å²) in [5, 5.41) is 0. The van der Waals surface area contributed by atoms with Gasteiger partial charge in [0.05, 0.1) is 19.4 Å². The van der Waals surface area contributed by atoms with Crippen LogP contribution >= 0.6 is 0 Å². The minimum absolute atomic E-state index is 0.217. The molecule has 0 aromatic carbocycles. The van der Waals surface area contributed by atoms with Gasteiger partial charge in [-0.05, 0) is 25.7 Å². The average Bonchev–Trinajstić information content (AvgIpc) is 2.38. The molecule has 1 unspecified atom stereocenters. The van der Waals surface area contributed by atoms with Crippen LogP contribution in [0.3, 0.4) is 0 Å². The molecule has 0 aromatic heterocycles. The molecule has 0 bridgehead atoms. The van der Waals surface area contributed by atoms with Gasteiger partial charge in [-0.25, -0.2) is 12.7 Å². The Kier molecular flexibility index (Phi) is 7.34. The van der Waals surface area contributed by atoms with Crippen molar-refractivity contribution < 1.29 is 17.9 Å². The second kappa shape index (κ2) is 8.51. The minimum Gasteiger partial charge on any atom is -0.465 e. The van der Waals surface area contributed by atoms with E-state index < -0.39 is 10.0 Å². The summed E-state index contributed by atoms with van der Waals surface area (Å²) < 4.78 is 29.7. The molecule has 7 heteroatoms. The molecule has 1 heterocycles. The highest BCUT2D eigenvalue weighted by Gasteiger charge is 2.27. The number of ether oxygens (including phenoxy) is 1. The Bertz CT molecular complexity index is 450. The predicted octanol–water partition coefficient (Wildman–Crippen LogP) is 0.709. The van der Waals surface area contributed by atoms with Crippen molar-refractivity contribution in [3.05, 3.63) is 12.7 Å². The van der Waals surface area contributed by atoms with Crippen molar-refractivity contribution >= 4 is 16.0 Å².